The van der Waals surface area contributed by atoms with Gasteiger partial charge < -0.3 is 15.5 Å². The molecule has 0 saturated carbocycles. The Bertz CT molecular complexity index is 183. The van der Waals surface area contributed by atoms with Gasteiger partial charge in [0.1, 0.15) is 0 Å². The van der Waals surface area contributed by atoms with Crippen molar-refractivity contribution >= 4 is 0 Å². The van der Waals surface area contributed by atoms with E-state index in [4.69, 9.17) is 0 Å². The molecule has 0 aromatic heterocycles. The first-order valence-corrected chi connectivity index (χ1v) is 6.94. The second-order valence-corrected chi connectivity index (χ2v) is 5.60. The molecule has 0 amide bonds. The normalized spacial score (nSPS) is 28.7. The first-order chi connectivity index (χ1) is 7.84. The van der Waals surface area contributed by atoms with Gasteiger partial charge in [-0.3, -0.25) is 0 Å². The predicted molar refractivity (Wildman–Crippen MR) is 68.7 cm³/mol. The molecule has 2 N–H and O–H groups in total. The van der Waals surface area contributed by atoms with Crippen LogP contribution in [0.3, 0.4) is 0 Å². The van der Waals surface area contributed by atoms with Crippen molar-refractivity contribution in [3.05, 3.63) is 0 Å². The Morgan fingerprint density at radius 1 is 1.19 bits per heavy atom. The van der Waals surface area contributed by atoms with Crippen molar-refractivity contribution in [2.45, 2.75) is 25.7 Å². The number of hydrogen-bond acceptors (Lipinski definition) is 3. The quantitative estimate of drug-likeness (QED) is 0.681. The zero-order valence-electron chi connectivity index (χ0n) is 10.7. The summed E-state index contributed by atoms with van der Waals surface area (Å²) in [6.07, 6.45) is 5.53. The molecule has 0 spiro atoms. The van der Waals surface area contributed by atoms with Gasteiger partial charge in [-0.25, -0.2) is 0 Å². The molecule has 94 valence electrons. The molecule has 1 atom stereocenters. The van der Waals surface area contributed by atoms with Crippen LogP contribution in [0, 0.1) is 11.8 Å². The lowest BCUT2D eigenvalue weighted by atomic mass is 9.95. The third kappa shape index (κ3) is 4.04. The zero-order chi connectivity index (χ0) is 11.2. The number of piperidine rings is 1. The van der Waals surface area contributed by atoms with Crippen molar-refractivity contribution in [3.63, 3.8) is 0 Å². The van der Waals surface area contributed by atoms with Gasteiger partial charge in [0.15, 0.2) is 0 Å². The summed E-state index contributed by atoms with van der Waals surface area (Å²) in [6.45, 7) is 7.51. The topological polar surface area (TPSA) is 27.3 Å². The fourth-order valence-corrected chi connectivity index (χ4v) is 2.98. The highest BCUT2D eigenvalue weighted by Crippen LogP contribution is 2.15. The molecule has 0 bridgehead atoms. The summed E-state index contributed by atoms with van der Waals surface area (Å²) in [5, 5.41) is 7.08. The zero-order valence-corrected chi connectivity index (χ0v) is 10.7. The van der Waals surface area contributed by atoms with Gasteiger partial charge in [-0.15, -0.1) is 0 Å². The SMILES string of the molecule is CN1CCC(CNCCC2CCNCC2)C1. The van der Waals surface area contributed by atoms with E-state index in [0.29, 0.717) is 0 Å². The molecule has 0 radical (unpaired) electrons. The van der Waals surface area contributed by atoms with Crippen LogP contribution >= 0.6 is 0 Å². The standard InChI is InChI=1S/C13H27N3/c1-16-9-5-13(11-16)10-15-8-4-12-2-6-14-7-3-12/h12-15H,2-11H2,1H3. The van der Waals surface area contributed by atoms with Gasteiger partial charge >= 0.3 is 0 Å². The molecule has 1 unspecified atom stereocenters. The Morgan fingerprint density at radius 2 is 2.00 bits per heavy atom. The van der Waals surface area contributed by atoms with Crippen molar-refractivity contribution in [3.8, 4) is 0 Å². The Hall–Kier alpha value is -0.120. The second kappa shape index (κ2) is 6.58. The Morgan fingerprint density at radius 3 is 2.69 bits per heavy atom. The molecule has 2 aliphatic heterocycles. The van der Waals surface area contributed by atoms with E-state index in [2.05, 4.69) is 22.6 Å². The maximum atomic E-state index is 3.65. The Labute approximate surface area is 100.0 Å². The first-order valence-electron chi connectivity index (χ1n) is 6.94. The minimum Gasteiger partial charge on any atom is -0.317 e. The largest absolute Gasteiger partial charge is 0.317 e. The highest BCUT2D eigenvalue weighted by Gasteiger charge is 2.18. The van der Waals surface area contributed by atoms with Crippen LogP contribution in [0.25, 0.3) is 0 Å². The van der Waals surface area contributed by atoms with Crippen LogP contribution in [0.4, 0.5) is 0 Å². The van der Waals surface area contributed by atoms with E-state index in [-0.39, 0.29) is 0 Å². The van der Waals surface area contributed by atoms with Crippen LogP contribution in [-0.4, -0.2) is 51.2 Å². The van der Waals surface area contributed by atoms with E-state index in [1.54, 1.807) is 0 Å². The average molecular weight is 225 g/mol. The van der Waals surface area contributed by atoms with Gasteiger partial charge in [0, 0.05) is 6.54 Å². The van der Waals surface area contributed by atoms with Gasteiger partial charge in [0.05, 0.1) is 0 Å². The van der Waals surface area contributed by atoms with Crippen LogP contribution in [0.15, 0.2) is 0 Å². The highest BCUT2D eigenvalue weighted by molar-refractivity contribution is 4.75. The van der Waals surface area contributed by atoms with Gasteiger partial charge in [-0.2, -0.15) is 0 Å². The number of hydrogen-bond donors (Lipinski definition) is 2. The van der Waals surface area contributed by atoms with Gasteiger partial charge in [0.25, 0.3) is 0 Å². The molecule has 2 rings (SSSR count). The monoisotopic (exact) mass is 225 g/mol. The maximum absolute atomic E-state index is 3.65. The molecule has 0 aromatic carbocycles. The van der Waals surface area contributed by atoms with Crippen molar-refractivity contribution in [2.75, 3.05) is 46.3 Å². The predicted octanol–water partition coefficient (Wildman–Crippen LogP) is 0.917. The molecule has 0 aliphatic carbocycles. The molecular formula is C13H27N3. The average Bonchev–Trinajstić information content (AvgIpc) is 2.72. The summed E-state index contributed by atoms with van der Waals surface area (Å²) >= 11 is 0. The third-order valence-corrected chi connectivity index (χ3v) is 4.11. The van der Waals surface area contributed by atoms with E-state index >= 15 is 0 Å². The molecule has 3 heteroatoms. The maximum Gasteiger partial charge on any atom is 0.00192 e. The molecule has 0 aromatic rings. The molecule has 3 nitrogen and oxygen atoms in total. The summed E-state index contributed by atoms with van der Waals surface area (Å²) in [5.41, 5.74) is 0. The van der Waals surface area contributed by atoms with Crippen LogP contribution in [0.1, 0.15) is 25.7 Å². The smallest absolute Gasteiger partial charge is 0.00192 e. The summed E-state index contributed by atoms with van der Waals surface area (Å²) in [6, 6.07) is 0. The lowest BCUT2D eigenvalue weighted by Crippen LogP contribution is -2.31. The lowest BCUT2D eigenvalue weighted by Gasteiger charge is -2.22. The van der Waals surface area contributed by atoms with Crippen molar-refractivity contribution in [1.29, 1.82) is 0 Å². The van der Waals surface area contributed by atoms with E-state index in [1.165, 1.54) is 65.0 Å². The van der Waals surface area contributed by atoms with Gasteiger partial charge in [-0.1, -0.05) is 0 Å². The van der Waals surface area contributed by atoms with Crippen molar-refractivity contribution in [2.24, 2.45) is 11.8 Å². The second-order valence-electron chi connectivity index (χ2n) is 5.60. The van der Waals surface area contributed by atoms with Crippen LogP contribution in [-0.2, 0) is 0 Å². The lowest BCUT2D eigenvalue weighted by molar-refractivity contribution is 0.341. The molecule has 2 heterocycles. The molecule has 2 aliphatic rings. The first kappa shape index (κ1) is 12.3. The molecule has 2 fully saturated rings. The number of nitrogens with one attached hydrogen (secondary N) is 2. The van der Waals surface area contributed by atoms with Crippen molar-refractivity contribution in [1.82, 2.24) is 15.5 Å². The van der Waals surface area contributed by atoms with E-state index < -0.39 is 0 Å². The number of nitrogens with zero attached hydrogens (tertiary/aromatic N) is 1. The summed E-state index contributed by atoms with van der Waals surface area (Å²) in [4.78, 5) is 2.44. The summed E-state index contributed by atoms with van der Waals surface area (Å²) < 4.78 is 0. The third-order valence-electron chi connectivity index (χ3n) is 4.11. The van der Waals surface area contributed by atoms with Gasteiger partial charge in [-0.05, 0) is 77.3 Å². The van der Waals surface area contributed by atoms with E-state index in [1.807, 2.05) is 0 Å². The van der Waals surface area contributed by atoms with Crippen LogP contribution < -0.4 is 10.6 Å². The van der Waals surface area contributed by atoms with E-state index in [9.17, 15) is 0 Å². The fraction of sp³-hybridized carbons (Fsp3) is 1.00. The molecule has 2 saturated heterocycles. The summed E-state index contributed by atoms with van der Waals surface area (Å²) in [5.74, 6) is 1.87. The minimum absolute atomic E-state index is 0.901. The molecule has 16 heavy (non-hydrogen) atoms. The summed E-state index contributed by atoms with van der Waals surface area (Å²) in [7, 11) is 2.23. The van der Waals surface area contributed by atoms with Crippen LogP contribution in [0.2, 0.25) is 0 Å². The Kier molecular flexibility index (Phi) is 5.07. The fourth-order valence-electron chi connectivity index (χ4n) is 2.98. The minimum atomic E-state index is 0.901. The molecular weight excluding hydrogens is 198 g/mol. The van der Waals surface area contributed by atoms with Crippen LogP contribution in [0.5, 0.6) is 0 Å². The van der Waals surface area contributed by atoms with Gasteiger partial charge in [0.2, 0.25) is 0 Å². The van der Waals surface area contributed by atoms with E-state index in [0.717, 1.165) is 11.8 Å². The number of likely N-dealkylation sites (tertiary alicyclic amines) is 1. The van der Waals surface area contributed by atoms with Crippen molar-refractivity contribution < 1.29 is 0 Å². The number of rotatable bonds is 5. The highest BCUT2D eigenvalue weighted by atomic mass is 15.1. The Balaban J connectivity index is 1.48.